The molecule has 0 amide bonds. The molecule has 0 saturated heterocycles. The van der Waals surface area contributed by atoms with Crippen LogP contribution < -0.4 is 9.80 Å². The summed E-state index contributed by atoms with van der Waals surface area (Å²) in [6.45, 7) is 1.74. The van der Waals surface area contributed by atoms with E-state index >= 15 is 0 Å². The van der Waals surface area contributed by atoms with Gasteiger partial charge in [-0.15, -0.1) is 0 Å². The zero-order chi connectivity index (χ0) is 17.6. The Bertz CT molecular complexity index is 769. The lowest BCUT2D eigenvalue weighted by Gasteiger charge is -2.36. The van der Waals surface area contributed by atoms with Crippen LogP contribution in [0.2, 0.25) is 0 Å². The summed E-state index contributed by atoms with van der Waals surface area (Å²) in [4.78, 5) is 8.30. The highest BCUT2D eigenvalue weighted by Crippen LogP contribution is 2.39. The molecule has 8 heteroatoms. The van der Waals surface area contributed by atoms with Crippen molar-refractivity contribution < 1.29 is 17.7 Å². The maximum absolute atomic E-state index is 13.0. The summed E-state index contributed by atoms with van der Waals surface area (Å²) in [5.41, 5.74) is 0.690. The topological polar surface area (TPSA) is 45.4 Å². The molecule has 134 valence electrons. The van der Waals surface area contributed by atoms with Crippen LogP contribution in [0.15, 0.2) is 22.7 Å². The SMILES string of the molecule is CN1CCN(Cc2nc(C3CCC3)no2)c2ccc(C(F)(F)F)cc21. The van der Waals surface area contributed by atoms with Crippen LogP contribution in [0.25, 0.3) is 0 Å². The van der Waals surface area contributed by atoms with E-state index in [1.807, 2.05) is 9.80 Å². The van der Waals surface area contributed by atoms with Gasteiger partial charge in [-0.1, -0.05) is 11.6 Å². The zero-order valence-electron chi connectivity index (χ0n) is 13.9. The van der Waals surface area contributed by atoms with Crippen molar-refractivity contribution in [2.24, 2.45) is 0 Å². The molecule has 5 nitrogen and oxygen atoms in total. The molecule has 1 aromatic heterocycles. The van der Waals surface area contributed by atoms with Crippen molar-refractivity contribution >= 4 is 11.4 Å². The van der Waals surface area contributed by atoms with Crippen LogP contribution in [0.5, 0.6) is 0 Å². The summed E-state index contributed by atoms with van der Waals surface area (Å²) >= 11 is 0. The second kappa shape index (κ2) is 5.93. The monoisotopic (exact) mass is 352 g/mol. The van der Waals surface area contributed by atoms with Crippen molar-refractivity contribution in [3.8, 4) is 0 Å². The van der Waals surface area contributed by atoms with E-state index in [-0.39, 0.29) is 0 Å². The Morgan fingerprint density at radius 2 is 2.00 bits per heavy atom. The minimum Gasteiger partial charge on any atom is -0.371 e. The number of nitrogens with zero attached hydrogens (tertiary/aromatic N) is 4. The van der Waals surface area contributed by atoms with Gasteiger partial charge in [0.05, 0.1) is 23.5 Å². The number of anilines is 2. The Kier molecular flexibility index (Phi) is 3.85. The Balaban J connectivity index is 1.58. The molecule has 4 rings (SSSR count). The summed E-state index contributed by atoms with van der Waals surface area (Å²) in [7, 11) is 1.80. The molecular weight excluding hydrogens is 333 g/mol. The maximum atomic E-state index is 13.0. The summed E-state index contributed by atoms with van der Waals surface area (Å²) in [6.07, 6.45) is -0.961. The first-order chi connectivity index (χ1) is 11.9. The number of benzene rings is 1. The minimum atomic E-state index is -4.34. The predicted octanol–water partition coefficient (Wildman–Crippen LogP) is 3.81. The quantitative estimate of drug-likeness (QED) is 0.840. The number of hydrogen-bond acceptors (Lipinski definition) is 5. The lowest BCUT2D eigenvalue weighted by atomic mass is 9.85. The van der Waals surface area contributed by atoms with Gasteiger partial charge >= 0.3 is 6.18 Å². The molecule has 0 bridgehead atoms. The van der Waals surface area contributed by atoms with Gasteiger partial charge in [-0.25, -0.2) is 0 Å². The second-order valence-electron chi connectivity index (χ2n) is 6.72. The van der Waals surface area contributed by atoms with Gasteiger partial charge in [-0.3, -0.25) is 0 Å². The van der Waals surface area contributed by atoms with Crippen LogP contribution in [0, 0.1) is 0 Å². The Labute approximate surface area is 143 Å². The van der Waals surface area contributed by atoms with E-state index in [2.05, 4.69) is 10.1 Å². The summed E-state index contributed by atoms with van der Waals surface area (Å²) in [6, 6.07) is 3.85. The van der Waals surface area contributed by atoms with Crippen LogP contribution >= 0.6 is 0 Å². The van der Waals surface area contributed by atoms with Crippen molar-refractivity contribution in [2.75, 3.05) is 29.9 Å². The van der Waals surface area contributed by atoms with Crippen LogP contribution in [-0.2, 0) is 12.7 Å². The fourth-order valence-corrected chi connectivity index (χ4v) is 3.28. The number of aromatic nitrogens is 2. The van der Waals surface area contributed by atoms with Gasteiger partial charge in [-0.2, -0.15) is 18.2 Å². The molecule has 1 aliphatic carbocycles. The van der Waals surface area contributed by atoms with E-state index < -0.39 is 11.7 Å². The van der Waals surface area contributed by atoms with Crippen LogP contribution in [0.1, 0.15) is 42.5 Å². The predicted molar refractivity (Wildman–Crippen MR) is 86.7 cm³/mol. The average Bonchev–Trinajstić information content (AvgIpc) is 2.95. The number of halogens is 3. The van der Waals surface area contributed by atoms with Gasteiger partial charge in [-0.05, 0) is 31.0 Å². The molecule has 25 heavy (non-hydrogen) atoms. The molecule has 2 heterocycles. The second-order valence-corrected chi connectivity index (χ2v) is 6.72. The summed E-state index contributed by atoms with van der Waals surface area (Å²) < 4.78 is 44.3. The van der Waals surface area contributed by atoms with E-state index in [0.29, 0.717) is 37.1 Å². The highest BCUT2D eigenvalue weighted by molar-refractivity contribution is 5.74. The van der Waals surface area contributed by atoms with Gasteiger partial charge in [0, 0.05) is 26.1 Å². The Hall–Kier alpha value is -2.25. The highest BCUT2D eigenvalue weighted by atomic mass is 19.4. The highest BCUT2D eigenvalue weighted by Gasteiger charge is 2.33. The number of hydrogen-bond donors (Lipinski definition) is 0. The Morgan fingerprint density at radius 3 is 2.68 bits per heavy atom. The molecule has 0 atom stereocenters. The zero-order valence-corrected chi connectivity index (χ0v) is 13.9. The first-order valence-corrected chi connectivity index (χ1v) is 8.41. The third-order valence-corrected chi connectivity index (χ3v) is 5.04. The molecule has 2 aromatic rings. The van der Waals surface area contributed by atoms with E-state index in [9.17, 15) is 13.2 Å². The lowest BCUT2D eigenvalue weighted by Crippen LogP contribution is -2.39. The molecule has 1 aromatic carbocycles. The molecule has 0 spiro atoms. The molecule has 1 saturated carbocycles. The molecular formula is C17H19F3N4O. The first-order valence-electron chi connectivity index (χ1n) is 8.41. The molecule has 0 radical (unpaired) electrons. The van der Waals surface area contributed by atoms with Crippen LogP contribution in [-0.4, -0.2) is 30.3 Å². The summed E-state index contributed by atoms with van der Waals surface area (Å²) in [5.74, 6) is 1.66. The minimum absolute atomic E-state index is 0.395. The van der Waals surface area contributed by atoms with Crippen molar-refractivity contribution in [3.63, 3.8) is 0 Å². The fourth-order valence-electron chi connectivity index (χ4n) is 3.28. The fraction of sp³-hybridized carbons (Fsp3) is 0.529. The lowest BCUT2D eigenvalue weighted by molar-refractivity contribution is -0.137. The maximum Gasteiger partial charge on any atom is 0.416 e. The van der Waals surface area contributed by atoms with E-state index in [4.69, 9.17) is 4.52 Å². The average molecular weight is 352 g/mol. The third kappa shape index (κ3) is 3.05. The van der Waals surface area contributed by atoms with Crippen LogP contribution in [0.4, 0.5) is 24.5 Å². The molecule has 0 unspecified atom stereocenters. The molecule has 0 N–H and O–H groups in total. The van der Waals surface area contributed by atoms with Gasteiger partial charge in [0.2, 0.25) is 5.89 Å². The molecule has 1 aliphatic heterocycles. The van der Waals surface area contributed by atoms with Gasteiger partial charge in [0.25, 0.3) is 0 Å². The van der Waals surface area contributed by atoms with Crippen LogP contribution in [0.3, 0.4) is 0 Å². The number of fused-ring (bicyclic) bond motifs is 1. The molecule has 1 fully saturated rings. The molecule has 2 aliphatic rings. The van der Waals surface area contributed by atoms with Crippen molar-refractivity contribution in [1.29, 1.82) is 0 Å². The van der Waals surface area contributed by atoms with Gasteiger partial charge in [0.15, 0.2) is 5.82 Å². The third-order valence-electron chi connectivity index (χ3n) is 5.04. The van der Waals surface area contributed by atoms with Crippen molar-refractivity contribution in [3.05, 3.63) is 35.5 Å². The van der Waals surface area contributed by atoms with Crippen molar-refractivity contribution in [1.82, 2.24) is 10.1 Å². The van der Waals surface area contributed by atoms with Crippen molar-refractivity contribution in [2.45, 2.75) is 37.9 Å². The first kappa shape index (κ1) is 16.2. The Morgan fingerprint density at radius 1 is 1.20 bits per heavy atom. The standard InChI is InChI=1S/C17H19F3N4O/c1-23-7-8-24(10-15-21-16(22-25-15)11-3-2-4-11)13-6-5-12(9-14(13)23)17(18,19)20/h5-6,9,11H,2-4,7-8,10H2,1H3. The largest absolute Gasteiger partial charge is 0.416 e. The number of rotatable bonds is 3. The van der Waals surface area contributed by atoms with E-state index in [0.717, 1.165) is 30.4 Å². The van der Waals surface area contributed by atoms with Gasteiger partial charge < -0.3 is 14.3 Å². The van der Waals surface area contributed by atoms with E-state index in [1.165, 1.54) is 18.6 Å². The van der Waals surface area contributed by atoms with E-state index in [1.54, 1.807) is 7.05 Å². The van der Waals surface area contributed by atoms with Gasteiger partial charge in [0.1, 0.15) is 0 Å². The normalized spacial score (nSPS) is 18.2. The number of likely N-dealkylation sites (N-methyl/N-ethyl adjacent to an activating group) is 1. The smallest absolute Gasteiger partial charge is 0.371 e. The summed E-state index contributed by atoms with van der Waals surface area (Å²) in [5, 5.41) is 4.05. The number of alkyl halides is 3.